The normalized spacial score (nSPS) is 14.4. The van der Waals surface area contributed by atoms with Crippen molar-refractivity contribution in [3.8, 4) is 11.4 Å². The van der Waals surface area contributed by atoms with Gasteiger partial charge in [0.05, 0.1) is 5.56 Å². The van der Waals surface area contributed by atoms with E-state index in [1.165, 1.54) is 4.57 Å². The van der Waals surface area contributed by atoms with Crippen LogP contribution < -0.4 is 15.7 Å². The van der Waals surface area contributed by atoms with E-state index in [9.17, 15) is 31.5 Å². The Morgan fingerprint density at radius 2 is 1.80 bits per heavy atom. The van der Waals surface area contributed by atoms with Gasteiger partial charge in [-0.15, -0.1) is 5.10 Å². The van der Waals surface area contributed by atoms with Crippen LogP contribution in [0.1, 0.15) is 35.9 Å². The summed E-state index contributed by atoms with van der Waals surface area (Å²) in [4.78, 5) is 25.4. The van der Waals surface area contributed by atoms with Gasteiger partial charge in [-0.1, -0.05) is 6.07 Å². The number of fused-ring (bicyclic) bond motifs is 1. The highest BCUT2D eigenvalue weighted by atomic mass is 19.4. The Bertz CT molecular complexity index is 1330. The van der Waals surface area contributed by atoms with Crippen LogP contribution in [0.15, 0.2) is 35.1 Å². The van der Waals surface area contributed by atoms with Gasteiger partial charge < -0.3 is 10.1 Å². The zero-order chi connectivity index (χ0) is 25.5. The molecular weight excluding hydrogens is 482 g/mol. The van der Waals surface area contributed by atoms with Crippen LogP contribution in [0.2, 0.25) is 0 Å². The van der Waals surface area contributed by atoms with Crippen molar-refractivity contribution in [1.29, 1.82) is 0 Å². The number of halogens is 6. The summed E-state index contributed by atoms with van der Waals surface area (Å²) in [6.07, 6.45) is -5.39. The number of alkyl halides is 3. The van der Waals surface area contributed by atoms with Crippen LogP contribution in [0.3, 0.4) is 0 Å². The van der Waals surface area contributed by atoms with Crippen molar-refractivity contribution in [2.75, 3.05) is 5.32 Å². The van der Waals surface area contributed by atoms with Crippen LogP contribution in [-0.2, 0) is 13.0 Å². The van der Waals surface area contributed by atoms with Crippen LogP contribution in [0.25, 0.3) is 5.69 Å². The average molecular weight is 500 g/mol. The summed E-state index contributed by atoms with van der Waals surface area (Å²) in [5.74, 6) is -5.22. The molecule has 0 radical (unpaired) electrons. The van der Waals surface area contributed by atoms with Gasteiger partial charge in [-0.05, 0) is 38.0 Å². The summed E-state index contributed by atoms with van der Waals surface area (Å²) >= 11 is 0. The summed E-state index contributed by atoms with van der Waals surface area (Å²) in [5, 5.41) is 5.95. The Kier molecular flexibility index (Phi) is 6.34. The molecule has 0 saturated heterocycles. The van der Waals surface area contributed by atoms with Crippen molar-refractivity contribution >= 4 is 11.6 Å². The predicted molar refractivity (Wildman–Crippen MR) is 111 cm³/mol. The first-order valence-electron chi connectivity index (χ1n) is 10.5. The maximum absolute atomic E-state index is 15.1. The van der Waals surface area contributed by atoms with E-state index < -0.39 is 64.0 Å². The Hall–Kier alpha value is -3.77. The maximum Gasteiger partial charge on any atom is 0.425 e. The number of ether oxygens (including phenoxy) is 1. The highest BCUT2D eigenvalue weighted by Gasteiger charge is 2.39. The van der Waals surface area contributed by atoms with Gasteiger partial charge in [-0.3, -0.25) is 9.36 Å². The second-order valence-corrected chi connectivity index (χ2v) is 7.87. The van der Waals surface area contributed by atoms with Crippen molar-refractivity contribution in [3.63, 3.8) is 0 Å². The number of aromatic nitrogens is 3. The third-order valence-corrected chi connectivity index (χ3v) is 5.46. The number of aryl methyl sites for hydroxylation is 1. The zero-order valence-electron chi connectivity index (χ0n) is 18.1. The Morgan fingerprint density at radius 3 is 2.43 bits per heavy atom. The van der Waals surface area contributed by atoms with Gasteiger partial charge >= 0.3 is 11.9 Å². The molecule has 4 rings (SSSR count). The first-order chi connectivity index (χ1) is 16.5. The highest BCUT2D eigenvalue weighted by molar-refractivity contribution is 6.06. The molecule has 1 aliphatic rings. The molecule has 0 spiro atoms. The molecule has 0 fully saturated rings. The monoisotopic (exact) mass is 500 g/mol. The molecule has 7 nitrogen and oxygen atoms in total. The largest absolute Gasteiger partial charge is 0.480 e. The number of hydrogen-bond donors (Lipinski definition) is 1. The molecule has 1 aromatic heterocycles. The lowest BCUT2D eigenvalue weighted by Gasteiger charge is -2.20. The summed E-state index contributed by atoms with van der Waals surface area (Å²) < 4.78 is 89.4. The minimum atomic E-state index is -4.86. The fraction of sp³-hybridized carbons (Fsp3) is 0.318. The molecule has 0 saturated carbocycles. The number of anilines is 1. The van der Waals surface area contributed by atoms with Gasteiger partial charge in [0, 0.05) is 19.0 Å². The van der Waals surface area contributed by atoms with Gasteiger partial charge in [0.2, 0.25) is 0 Å². The molecule has 1 amide bonds. The number of carbonyl (C=O) groups excluding carboxylic acids is 1. The number of nitrogens with one attached hydrogen (secondary N) is 1. The van der Waals surface area contributed by atoms with Crippen molar-refractivity contribution in [1.82, 2.24) is 14.3 Å². The van der Waals surface area contributed by atoms with Gasteiger partial charge in [-0.25, -0.2) is 18.0 Å². The summed E-state index contributed by atoms with van der Waals surface area (Å²) in [5.41, 5.74) is -2.91. The Labute approximate surface area is 193 Å². The summed E-state index contributed by atoms with van der Waals surface area (Å²) in [6.45, 7) is 1.00. The van der Waals surface area contributed by atoms with Gasteiger partial charge in [0.15, 0.2) is 6.10 Å². The molecule has 0 unspecified atom stereocenters. The van der Waals surface area contributed by atoms with Crippen LogP contribution in [0.4, 0.5) is 32.0 Å². The smallest absolute Gasteiger partial charge is 0.425 e. The molecule has 3 aromatic rings. The second-order valence-electron chi connectivity index (χ2n) is 7.87. The number of para-hydroxylation sites is 1. The van der Waals surface area contributed by atoms with Gasteiger partial charge in [-0.2, -0.15) is 17.9 Å². The first kappa shape index (κ1) is 24.4. The minimum Gasteiger partial charge on any atom is -0.480 e. The maximum atomic E-state index is 15.1. The van der Waals surface area contributed by atoms with Crippen molar-refractivity contribution < 1.29 is 35.9 Å². The lowest BCUT2D eigenvalue weighted by Crippen LogP contribution is -2.32. The fourth-order valence-electron chi connectivity index (χ4n) is 3.59. The minimum absolute atomic E-state index is 0.346. The van der Waals surface area contributed by atoms with Gasteiger partial charge in [0.1, 0.15) is 40.4 Å². The van der Waals surface area contributed by atoms with Crippen LogP contribution in [0.5, 0.6) is 5.75 Å². The molecular formula is C22H18F6N4O3. The molecule has 2 heterocycles. The van der Waals surface area contributed by atoms with Crippen molar-refractivity contribution in [2.24, 2.45) is 0 Å². The van der Waals surface area contributed by atoms with E-state index in [2.05, 4.69) is 5.10 Å². The third kappa shape index (κ3) is 4.75. The third-order valence-electron chi connectivity index (χ3n) is 5.46. The standard InChI is InChI=1S/C22H18F6N4O3/c1-11(22(26,27)28)35-17-10-16(32-21(34)31-8-3-2-7-18(31)30-32)15(25)9-12(17)20(33)29-19-13(23)5-4-6-14(19)24/h4-6,9-11H,2-3,7-8H2,1H3,(H,29,33)/t11-/m1/s1. The number of rotatable bonds is 5. The number of benzene rings is 2. The quantitative estimate of drug-likeness (QED) is 0.528. The van der Waals surface area contributed by atoms with Crippen LogP contribution in [-0.4, -0.2) is 32.5 Å². The molecule has 1 aliphatic heterocycles. The summed E-state index contributed by atoms with van der Waals surface area (Å²) in [7, 11) is 0. The molecule has 2 aromatic carbocycles. The number of hydrogen-bond acceptors (Lipinski definition) is 4. The molecule has 1 N–H and O–H groups in total. The number of amides is 1. The van der Waals surface area contributed by atoms with Crippen LogP contribution >= 0.6 is 0 Å². The number of nitrogens with zero attached hydrogens (tertiary/aromatic N) is 3. The Morgan fingerprint density at radius 1 is 1.11 bits per heavy atom. The molecule has 0 aliphatic carbocycles. The highest BCUT2D eigenvalue weighted by Crippen LogP contribution is 2.31. The molecule has 1 atom stereocenters. The van der Waals surface area contributed by atoms with Gasteiger partial charge in [0.25, 0.3) is 5.91 Å². The molecule has 186 valence electrons. The molecule has 0 bridgehead atoms. The second kappa shape index (κ2) is 9.12. The van der Waals surface area contributed by atoms with E-state index in [1.54, 1.807) is 0 Å². The van der Waals surface area contributed by atoms with Crippen molar-refractivity contribution in [2.45, 2.75) is 45.0 Å². The van der Waals surface area contributed by atoms with E-state index in [4.69, 9.17) is 4.74 Å². The van der Waals surface area contributed by atoms with E-state index in [0.29, 0.717) is 42.9 Å². The summed E-state index contributed by atoms with van der Waals surface area (Å²) in [6, 6.07) is 3.98. The Balaban J connectivity index is 1.81. The first-order valence-corrected chi connectivity index (χ1v) is 10.5. The predicted octanol–water partition coefficient (Wildman–Crippen LogP) is 4.37. The average Bonchev–Trinajstić information content (AvgIpc) is 3.13. The SMILES string of the molecule is C[C@@H](Oc1cc(-n2nc3n(c2=O)CCCC3)c(F)cc1C(=O)Nc1c(F)cccc1F)C(F)(F)F. The van der Waals surface area contributed by atoms with E-state index >= 15 is 4.39 Å². The topological polar surface area (TPSA) is 78.2 Å². The molecule has 13 heteroatoms. The fourth-order valence-corrected chi connectivity index (χ4v) is 3.59. The zero-order valence-corrected chi connectivity index (χ0v) is 18.1. The van der Waals surface area contributed by atoms with E-state index in [-0.39, 0.29) is 0 Å². The lowest BCUT2D eigenvalue weighted by atomic mass is 10.1. The lowest BCUT2D eigenvalue weighted by molar-refractivity contribution is -0.189. The van der Waals surface area contributed by atoms with E-state index in [1.807, 2.05) is 5.32 Å². The van der Waals surface area contributed by atoms with E-state index in [0.717, 1.165) is 30.7 Å². The van der Waals surface area contributed by atoms with Crippen LogP contribution in [0, 0.1) is 17.5 Å². The van der Waals surface area contributed by atoms with Crippen molar-refractivity contribution in [3.05, 3.63) is 69.7 Å². The number of carbonyl (C=O) groups is 1. The molecule has 35 heavy (non-hydrogen) atoms.